The molecule has 0 spiro atoms. The van der Waals surface area contributed by atoms with Gasteiger partial charge in [0.2, 0.25) is 6.41 Å². The largest absolute Gasteiger partial charge is 0.478 e. The van der Waals surface area contributed by atoms with E-state index in [0.717, 1.165) is 0 Å². The molecule has 7 nitrogen and oxygen atoms in total. The van der Waals surface area contributed by atoms with Gasteiger partial charge in [0.15, 0.2) is 17.3 Å². The Bertz CT molecular complexity index is 517. The lowest BCUT2D eigenvalue weighted by molar-refractivity contribution is -0.384. The summed E-state index contributed by atoms with van der Waals surface area (Å²) in [5, 5.41) is 20.6. The molecule has 0 aliphatic rings. The van der Waals surface area contributed by atoms with Gasteiger partial charge in [0.1, 0.15) is 5.56 Å². The zero-order valence-corrected chi connectivity index (χ0v) is 7.94. The number of carbonyl (C=O) groups excluding carboxylic acids is 1. The first-order valence-corrected chi connectivity index (χ1v) is 4.00. The second-order valence-corrected chi connectivity index (χ2v) is 2.77. The van der Waals surface area contributed by atoms with Crippen LogP contribution in [0, 0.1) is 21.7 Å². The first-order valence-electron chi connectivity index (χ1n) is 4.00. The van der Waals surface area contributed by atoms with Crippen molar-refractivity contribution >= 4 is 23.8 Å². The molecular weight excluding hydrogens is 242 g/mol. The number of benzene rings is 1. The molecule has 0 atom stereocenters. The van der Waals surface area contributed by atoms with Gasteiger partial charge in [0.25, 0.3) is 5.69 Å². The van der Waals surface area contributed by atoms with Crippen molar-refractivity contribution in [2.45, 2.75) is 0 Å². The van der Waals surface area contributed by atoms with Gasteiger partial charge in [-0.2, -0.15) is 0 Å². The molecule has 2 N–H and O–H groups in total. The molecule has 0 aliphatic carbocycles. The monoisotopic (exact) mass is 246 g/mol. The number of anilines is 1. The average molecular weight is 246 g/mol. The lowest BCUT2D eigenvalue weighted by Crippen LogP contribution is -2.09. The van der Waals surface area contributed by atoms with E-state index in [-0.39, 0.29) is 6.41 Å². The highest BCUT2D eigenvalue weighted by atomic mass is 19.2. The van der Waals surface area contributed by atoms with Gasteiger partial charge in [0.05, 0.1) is 4.92 Å². The number of nitro benzene ring substituents is 1. The number of carboxylic acid groups (broad SMARTS) is 1. The molecule has 0 saturated heterocycles. The molecule has 0 aliphatic heterocycles. The Balaban J connectivity index is 3.61. The Morgan fingerprint density at radius 1 is 1.47 bits per heavy atom. The number of aromatic carboxylic acids is 1. The van der Waals surface area contributed by atoms with Crippen molar-refractivity contribution in [3.63, 3.8) is 0 Å². The summed E-state index contributed by atoms with van der Waals surface area (Å²) < 4.78 is 26.4. The fraction of sp³-hybridized carbons (Fsp3) is 0. The number of carbonyl (C=O) groups is 2. The van der Waals surface area contributed by atoms with Crippen molar-refractivity contribution in [2.24, 2.45) is 0 Å². The third kappa shape index (κ3) is 2.17. The third-order valence-electron chi connectivity index (χ3n) is 1.82. The van der Waals surface area contributed by atoms with Crippen molar-refractivity contribution in [2.75, 3.05) is 5.32 Å². The predicted molar refractivity (Wildman–Crippen MR) is 49.7 cm³/mol. The van der Waals surface area contributed by atoms with Crippen molar-refractivity contribution in [3.8, 4) is 0 Å². The van der Waals surface area contributed by atoms with Crippen LogP contribution in [0.25, 0.3) is 0 Å². The minimum Gasteiger partial charge on any atom is -0.478 e. The standard InChI is InChI=1S/C8H4F2N2O5/c9-5-3(8(14)15)1-4(12(16)17)7(6(5)10)11-2-13/h1-2H,(H,11,13)(H,14,15). The number of hydrogen-bond donors (Lipinski definition) is 2. The van der Waals surface area contributed by atoms with Crippen LogP contribution in [-0.4, -0.2) is 22.4 Å². The van der Waals surface area contributed by atoms with Crippen LogP contribution in [0.3, 0.4) is 0 Å². The Hall–Kier alpha value is -2.58. The van der Waals surface area contributed by atoms with Gasteiger partial charge in [0, 0.05) is 6.07 Å². The van der Waals surface area contributed by atoms with E-state index in [0.29, 0.717) is 6.07 Å². The van der Waals surface area contributed by atoms with Crippen molar-refractivity contribution in [3.05, 3.63) is 33.4 Å². The van der Waals surface area contributed by atoms with E-state index < -0.39 is 39.5 Å². The fourth-order valence-electron chi connectivity index (χ4n) is 1.11. The number of nitrogens with zero attached hydrogens (tertiary/aromatic N) is 1. The fourth-order valence-corrected chi connectivity index (χ4v) is 1.11. The van der Waals surface area contributed by atoms with E-state index in [1.54, 1.807) is 5.32 Å². The van der Waals surface area contributed by atoms with E-state index in [1.165, 1.54) is 0 Å². The summed E-state index contributed by atoms with van der Waals surface area (Å²) in [7, 11) is 0. The van der Waals surface area contributed by atoms with Gasteiger partial charge in [-0.15, -0.1) is 0 Å². The lowest BCUT2D eigenvalue weighted by atomic mass is 10.1. The summed E-state index contributed by atoms with van der Waals surface area (Å²) in [4.78, 5) is 30.0. The molecule has 0 bridgehead atoms. The molecule has 17 heavy (non-hydrogen) atoms. The van der Waals surface area contributed by atoms with Crippen LogP contribution >= 0.6 is 0 Å². The van der Waals surface area contributed by atoms with E-state index in [2.05, 4.69) is 0 Å². The number of nitrogens with one attached hydrogen (secondary N) is 1. The average Bonchev–Trinajstić information content (AvgIpc) is 2.24. The van der Waals surface area contributed by atoms with Gasteiger partial charge in [-0.25, -0.2) is 13.6 Å². The van der Waals surface area contributed by atoms with Gasteiger partial charge in [-0.3, -0.25) is 14.9 Å². The Labute approximate surface area is 91.8 Å². The SMILES string of the molecule is O=CNc1c([N+](=O)[O-])cc(C(=O)O)c(F)c1F. The Morgan fingerprint density at radius 3 is 2.47 bits per heavy atom. The maximum Gasteiger partial charge on any atom is 0.339 e. The van der Waals surface area contributed by atoms with Gasteiger partial charge in [-0.05, 0) is 0 Å². The number of hydrogen-bond acceptors (Lipinski definition) is 4. The smallest absolute Gasteiger partial charge is 0.339 e. The molecule has 1 aromatic rings. The summed E-state index contributed by atoms with van der Waals surface area (Å²) >= 11 is 0. The van der Waals surface area contributed by atoms with Crippen LogP contribution in [0.1, 0.15) is 10.4 Å². The molecule has 9 heteroatoms. The summed E-state index contributed by atoms with van der Waals surface area (Å²) in [5.41, 5.74) is -3.26. The summed E-state index contributed by atoms with van der Waals surface area (Å²) in [6.45, 7) is 0. The number of carboxylic acids is 1. The third-order valence-corrected chi connectivity index (χ3v) is 1.82. The number of amides is 1. The Kier molecular flexibility index (Phi) is 3.31. The van der Waals surface area contributed by atoms with Crippen molar-refractivity contribution in [1.29, 1.82) is 0 Å². The minimum atomic E-state index is -1.86. The first-order chi connectivity index (χ1) is 7.90. The van der Waals surface area contributed by atoms with Crippen LogP contribution in [0.2, 0.25) is 0 Å². The highest BCUT2D eigenvalue weighted by molar-refractivity contribution is 5.91. The van der Waals surface area contributed by atoms with Crippen LogP contribution in [-0.2, 0) is 4.79 Å². The highest BCUT2D eigenvalue weighted by Crippen LogP contribution is 2.31. The number of rotatable bonds is 4. The van der Waals surface area contributed by atoms with Gasteiger partial charge >= 0.3 is 5.97 Å². The van der Waals surface area contributed by atoms with Gasteiger partial charge < -0.3 is 10.4 Å². The molecule has 1 amide bonds. The quantitative estimate of drug-likeness (QED) is 0.470. The molecule has 1 rings (SSSR count). The second kappa shape index (κ2) is 4.51. The van der Waals surface area contributed by atoms with Crippen LogP contribution in [0.5, 0.6) is 0 Å². The van der Waals surface area contributed by atoms with E-state index in [9.17, 15) is 28.5 Å². The normalized spacial score (nSPS) is 9.76. The lowest BCUT2D eigenvalue weighted by Gasteiger charge is -2.05. The number of nitro groups is 1. The zero-order chi connectivity index (χ0) is 13.2. The molecule has 0 fully saturated rings. The molecule has 0 heterocycles. The van der Waals surface area contributed by atoms with E-state index >= 15 is 0 Å². The molecule has 1 aromatic carbocycles. The Morgan fingerprint density at radius 2 is 2.06 bits per heavy atom. The number of halogens is 2. The van der Waals surface area contributed by atoms with Crippen LogP contribution in [0.4, 0.5) is 20.2 Å². The second-order valence-electron chi connectivity index (χ2n) is 2.77. The topological polar surface area (TPSA) is 110 Å². The van der Waals surface area contributed by atoms with Gasteiger partial charge in [-0.1, -0.05) is 0 Å². The minimum absolute atomic E-state index is 0.0920. The first kappa shape index (κ1) is 12.5. The molecule has 90 valence electrons. The van der Waals surface area contributed by atoms with E-state index in [4.69, 9.17) is 5.11 Å². The zero-order valence-electron chi connectivity index (χ0n) is 7.94. The molecule has 0 radical (unpaired) electrons. The maximum atomic E-state index is 13.3. The van der Waals surface area contributed by atoms with Crippen LogP contribution in [0.15, 0.2) is 6.07 Å². The summed E-state index contributed by atoms with van der Waals surface area (Å²) in [5.74, 6) is -5.45. The molecule has 0 aromatic heterocycles. The van der Waals surface area contributed by atoms with Crippen LogP contribution < -0.4 is 5.32 Å². The summed E-state index contributed by atoms with van der Waals surface area (Å²) in [6.07, 6.45) is -0.0920. The highest BCUT2D eigenvalue weighted by Gasteiger charge is 2.27. The van der Waals surface area contributed by atoms with Crippen molar-refractivity contribution < 1.29 is 28.4 Å². The molecule has 0 unspecified atom stereocenters. The molecular formula is C8H4F2N2O5. The van der Waals surface area contributed by atoms with E-state index in [1.807, 2.05) is 0 Å². The molecule has 0 saturated carbocycles. The maximum absolute atomic E-state index is 13.3. The summed E-state index contributed by atoms with van der Waals surface area (Å²) in [6, 6.07) is 0.326. The van der Waals surface area contributed by atoms with Crippen molar-refractivity contribution in [1.82, 2.24) is 0 Å². The predicted octanol–water partition coefficient (Wildman–Crippen LogP) is 1.14.